The van der Waals surface area contributed by atoms with E-state index in [2.05, 4.69) is 19.7 Å². The molecule has 0 aliphatic rings. The molecule has 1 rings (SSSR count). The number of rotatable bonds is 9. The summed E-state index contributed by atoms with van der Waals surface area (Å²) < 4.78 is 15.3. The molecule has 0 aliphatic heterocycles. The van der Waals surface area contributed by atoms with Gasteiger partial charge in [-0.15, -0.1) is 0 Å². The second-order valence-electron chi connectivity index (χ2n) is 6.40. The van der Waals surface area contributed by atoms with Gasteiger partial charge in [0.25, 0.3) is 0 Å². The van der Waals surface area contributed by atoms with Gasteiger partial charge in [-0.2, -0.15) is 0 Å². The molecule has 6 heteroatoms. The van der Waals surface area contributed by atoms with Crippen LogP contribution in [0.1, 0.15) is 51.8 Å². The van der Waals surface area contributed by atoms with E-state index in [1.54, 1.807) is 20.8 Å². The first kappa shape index (κ1) is 21.9. The van der Waals surface area contributed by atoms with Crippen LogP contribution < -0.4 is 0 Å². The first-order chi connectivity index (χ1) is 12.6. The van der Waals surface area contributed by atoms with E-state index in [-0.39, 0.29) is 36.5 Å². The molecule has 0 N–H and O–H groups in total. The number of esters is 3. The van der Waals surface area contributed by atoms with Gasteiger partial charge in [0.1, 0.15) is 19.8 Å². The van der Waals surface area contributed by atoms with Gasteiger partial charge < -0.3 is 14.2 Å². The number of ether oxygens (including phenoxy) is 3. The summed E-state index contributed by atoms with van der Waals surface area (Å²) in [7, 11) is 0. The Kier molecular flexibility index (Phi) is 8.20. The lowest BCUT2D eigenvalue weighted by molar-refractivity contribution is 0.0537. The summed E-state index contributed by atoms with van der Waals surface area (Å²) in [5.41, 5.74) is 2.05. The van der Waals surface area contributed by atoms with Crippen LogP contribution in [0.3, 0.4) is 0 Å². The van der Waals surface area contributed by atoms with Crippen LogP contribution in [0, 0.1) is 0 Å². The minimum atomic E-state index is -0.693. The van der Waals surface area contributed by atoms with Crippen molar-refractivity contribution < 1.29 is 28.6 Å². The molecule has 0 aliphatic carbocycles. The molecule has 144 valence electrons. The van der Waals surface area contributed by atoms with Crippen LogP contribution >= 0.6 is 0 Å². The molecule has 0 saturated heterocycles. The van der Waals surface area contributed by atoms with Gasteiger partial charge in [-0.1, -0.05) is 19.7 Å². The third-order valence-electron chi connectivity index (χ3n) is 2.99. The third-order valence-corrected chi connectivity index (χ3v) is 2.99. The highest BCUT2D eigenvalue weighted by Gasteiger charge is 2.19. The largest absolute Gasteiger partial charge is 0.458 e. The summed E-state index contributed by atoms with van der Waals surface area (Å²) in [5, 5.41) is 0. The fourth-order valence-electron chi connectivity index (χ4n) is 1.80. The highest BCUT2D eigenvalue weighted by Crippen LogP contribution is 2.15. The minimum Gasteiger partial charge on any atom is -0.458 e. The molecule has 1 aromatic carbocycles. The maximum Gasteiger partial charge on any atom is 0.338 e. The number of hydrogen-bond acceptors (Lipinski definition) is 6. The van der Waals surface area contributed by atoms with Gasteiger partial charge in [0.2, 0.25) is 0 Å². The van der Waals surface area contributed by atoms with Gasteiger partial charge in [-0.3, -0.25) is 0 Å². The quantitative estimate of drug-likeness (QED) is 0.372. The Labute approximate surface area is 159 Å². The summed E-state index contributed by atoms with van der Waals surface area (Å²) in [4.78, 5) is 36.7. The van der Waals surface area contributed by atoms with E-state index in [9.17, 15) is 14.4 Å². The average molecular weight is 372 g/mol. The molecule has 0 bridgehead atoms. The maximum atomic E-state index is 12.2. The van der Waals surface area contributed by atoms with Crippen molar-refractivity contribution in [1.82, 2.24) is 0 Å². The molecule has 6 nitrogen and oxygen atoms in total. The van der Waals surface area contributed by atoms with E-state index in [0.717, 1.165) is 0 Å². The predicted molar refractivity (Wildman–Crippen MR) is 102 cm³/mol. The minimum absolute atomic E-state index is 0.0264. The second kappa shape index (κ2) is 10.1. The van der Waals surface area contributed by atoms with Gasteiger partial charge in [0, 0.05) is 0 Å². The van der Waals surface area contributed by atoms with Crippen molar-refractivity contribution in [3.63, 3.8) is 0 Å². The summed E-state index contributed by atoms with van der Waals surface area (Å²) >= 11 is 0. The van der Waals surface area contributed by atoms with Crippen molar-refractivity contribution in [2.24, 2.45) is 0 Å². The summed E-state index contributed by atoms with van der Waals surface area (Å²) in [5.74, 6) is -2.08. The molecule has 0 fully saturated rings. The Morgan fingerprint density at radius 1 is 0.630 bits per heavy atom. The fraction of sp³-hybridized carbons (Fsp3) is 0.286. The standard InChI is InChI=1S/C21H24O6/c1-13(2)10-25-19(22)16-7-17(20(23)26-11-14(3)4)9-18(8-16)21(24)27-12-15(5)6/h7-9H,1,3,5,10-12H2,2,4,6H3. The maximum absolute atomic E-state index is 12.2. The molecule has 0 aromatic heterocycles. The average Bonchev–Trinajstić information content (AvgIpc) is 2.61. The van der Waals surface area contributed by atoms with Crippen LogP contribution in [-0.4, -0.2) is 37.7 Å². The molecular formula is C21H24O6. The SMILES string of the molecule is C=C(C)COC(=O)c1cc(C(=O)OCC(=C)C)cc(C(=O)OCC(=C)C)c1. The van der Waals surface area contributed by atoms with Gasteiger partial charge in [-0.25, -0.2) is 14.4 Å². The number of hydrogen-bond donors (Lipinski definition) is 0. The highest BCUT2D eigenvalue weighted by molar-refractivity contribution is 6.00. The Hall–Kier alpha value is -3.15. The zero-order valence-corrected chi connectivity index (χ0v) is 15.9. The van der Waals surface area contributed by atoms with Crippen molar-refractivity contribution >= 4 is 17.9 Å². The van der Waals surface area contributed by atoms with Crippen molar-refractivity contribution in [2.45, 2.75) is 20.8 Å². The third kappa shape index (κ3) is 7.73. The highest BCUT2D eigenvalue weighted by atomic mass is 16.5. The van der Waals surface area contributed by atoms with E-state index in [4.69, 9.17) is 14.2 Å². The van der Waals surface area contributed by atoms with E-state index in [1.807, 2.05) is 0 Å². The monoisotopic (exact) mass is 372 g/mol. The zero-order chi connectivity index (χ0) is 20.6. The Morgan fingerprint density at radius 3 is 1.04 bits per heavy atom. The van der Waals surface area contributed by atoms with E-state index >= 15 is 0 Å². The number of carbonyl (C=O) groups excluding carboxylic acids is 3. The molecule has 0 amide bonds. The van der Waals surface area contributed by atoms with Crippen molar-refractivity contribution in [3.05, 3.63) is 71.3 Å². The van der Waals surface area contributed by atoms with E-state index in [0.29, 0.717) is 16.7 Å². The van der Waals surface area contributed by atoms with Crippen molar-refractivity contribution in [2.75, 3.05) is 19.8 Å². The van der Waals surface area contributed by atoms with Crippen LogP contribution in [0.25, 0.3) is 0 Å². The molecular weight excluding hydrogens is 348 g/mol. The fourth-order valence-corrected chi connectivity index (χ4v) is 1.80. The van der Waals surface area contributed by atoms with Gasteiger partial charge in [-0.05, 0) is 55.7 Å². The van der Waals surface area contributed by atoms with Gasteiger partial charge in [0.15, 0.2) is 0 Å². The molecule has 27 heavy (non-hydrogen) atoms. The smallest absolute Gasteiger partial charge is 0.338 e. The lowest BCUT2D eigenvalue weighted by Gasteiger charge is -2.10. The number of carbonyl (C=O) groups is 3. The Morgan fingerprint density at radius 2 is 0.852 bits per heavy atom. The van der Waals surface area contributed by atoms with Crippen molar-refractivity contribution in [3.8, 4) is 0 Å². The van der Waals surface area contributed by atoms with Gasteiger partial charge >= 0.3 is 17.9 Å². The predicted octanol–water partition coefficient (Wildman–Crippen LogP) is 3.89. The molecule has 0 atom stereocenters. The molecule has 0 spiro atoms. The van der Waals surface area contributed by atoms with Crippen LogP contribution in [0.4, 0.5) is 0 Å². The van der Waals surface area contributed by atoms with Crippen LogP contribution in [0.2, 0.25) is 0 Å². The second-order valence-corrected chi connectivity index (χ2v) is 6.40. The first-order valence-electron chi connectivity index (χ1n) is 8.19. The normalized spacial score (nSPS) is 9.89. The molecule has 0 saturated carbocycles. The Bertz CT molecular complexity index is 671. The summed E-state index contributed by atoms with van der Waals surface area (Å²) in [6, 6.07) is 3.91. The van der Waals surface area contributed by atoms with Crippen LogP contribution in [0.5, 0.6) is 0 Å². The zero-order valence-electron chi connectivity index (χ0n) is 15.9. The summed E-state index contributed by atoms with van der Waals surface area (Å²) in [6.45, 7) is 16.2. The molecule has 0 unspecified atom stereocenters. The van der Waals surface area contributed by atoms with E-state index < -0.39 is 17.9 Å². The van der Waals surface area contributed by atoms with Gasteiger partial charge in [0.05, 0.1) is 16.7 Å². The topological polar surface area (TPSA) is 78.9 Å². The first-order valence-corrected chi connectivity index (χ1v) is 8.19. The lowest BCUT2D eigenvalue weighted by atomic mass is 10.1. The Balaban J connectivity index is 3.16. The van der Waals surface area contributed by atoms with E-state index in [1.165, 1.54) is 18.2 Å². The van der Waals surface area contributed by atoms with Crippen LogP contribution in [0.15, 0.2) is 54.7 Å². The van der Waals surface area contributed by atoms with Crippen LogP contribution in [-0.2, 0) is 14.2 Å². The molecule has 1 aromatic rings. The summed E-state index contributed by atoms with van der Waals surface area (Å²) in [6.07, 6.45) is 0. The molecule has 0 heterocycles. The van der Waals surface area contributed by atoms with Crippen molar-refractivity contribution in [1.29, 1.82) is 0 Å². The molecule has 0 radical (unpaired) electrons. The number of benzene rings is 1. The lowest BCUT2D eigenvalue weighted by Crippen LogP contribution is -2.14.